The number of hydrogen-bond donors (Lipinski definition) is 2. The summed E-state index contributed by atoms with van der Waals surface area (Å²) in [6.45, 7) is 1.61. The summed E-state index contributed by atoms with van der Waals surface area (Å²) in [6, 6.07) is 5.97. The smallest absolute Gasteiger partial charge is 0.263 e. The van der Waals surface area contributed by atoms with Crippen LogP contribution in [0.4, 0.5) is 5.69 Å². The highest BCUT2D eigenvalue weighted by Crippen LogP contribution is 2.32. The number of benzene rings is 1. The van der Waals surface area contributed by atoms with E-state index in [4.69, 9.17) is 15.2 Å². The van der Waals surface area contributed by atoms with Crippen molar-refractivity contribution in [1.82, 2.24) is 0 Å². The van der Waals surface area contributed by atoms with E-state index in [1.165, 1.54) is 26.4 Å². The molecule has 23 heavy (non-hydrogen) atoms. The molecule has 0 aliphatic carbocycles. The second-order valence-corrected chi connectivity index (χ2v) is 7.47. The van der Waals surface area contributed by atoms with Crippen molar-refractivity contribution >= 4 is 33.0 Å². The van der Waals surface area contributed by atoms with Crippen LogP contribution in [0.3, 0.4) is 0 Å². The number of amides is 1. The Morgan fingerprint density at radius 2 is 1.91 bits per heavy atom. The summed E-state index contributed by atoms with van der Waals surface area (Å²) in [7, 11) is -0.954. The number of nitrogens with one attached hydrogen (secondary N) is 1. The Balaban J connectivity index is 2.41. The zero-order chi connectivity index (χ0) is 17.2. The van der Waals surface area contributed by atoms with Gasteiger partial charge in [-0.05, 0) is 25.1 Å². The van der Waals surface area contributed by atoms with Gasteiger partial charge in [-0.25, -0.2) is 8.42 Å². The predicted octanol–water partition coefficient (Wildman–Crippen LogP) is 1.97. The average molecular weight is 356 g/mol. The molecule has 0 fully saturated rings. The number of carbonyl (C=O) groups excluding carboxylic acids is 1. The predicted molar refractivity (Wildman–Crippen MR) is 87.9 cm³/mol. The molecule has 0 radical (unpaired) electrons. The molecule has 124 valence electrons. The molecule has 1 aromatic heterocycles. The Morgan fingerprint density at radius 3 is 2.43 bits per heavy atom. The first-order chi connectivity index (χ1) is 10.8. The maximum atomic E-state index is 12.5. The minimum atomic E-state index is -3.88. The van der Waals surface area contributed by atoms with Crippen LogP contribution in [0, 0.1) is 6.92 Å². The lowest BCUT2D eigenvalue weighted by Gasteiger charge is -2.12. The lowest BCUT2D eigenvalue weighted by atomic mass is 10.3. The second-order valence-electron chi connectivity index (χ2n) is 4.57. The molecule has 0 bridgehead atoms. The molecule has 0 saturated heterocycles. The zero-order valence-corrected chi connectivity index (χ0v) is 14.4. The third kappa shape index (κ3) is 3.57. The number of hydrogen-bond acceptors (Lipinski definition) is 6. The lowest BCUT2D eigenvalue weighted by Crippen LogP contribution is -2.14. The van der Waals surface area contributed by atoms with E-state index in [0.29, 0.717) is 16.4 Å². The van der Waals surface area contributed by atoms with E-state index in [1.54, 1.807) is 19.1 Å². The van der Waals surface area contributed by atoms with Crippen molar-refractivity contribution in [2.75, 3.05) is 18.9 Å². The number of anilines is 1. The highest BCUT2D eigenvalue weighted by Gasteiger charge is 2.23. The number of rotatable bonds is 6. The maximum Gasteiger partial charge on any atom is 0.263 e. The molecule has 2 aromatic rings. The summed E-state index contributed by atoms with van der Waals surface area (Å²) in [5.74, 6) is 0.185. The fraction of sp³-hybridized carbons (Fsp3) is 0.214. The molecular weight excluding hydrogens is 340 g/mol. The van der Waals surface area contributed by atoms with Crippen LogP contribution in [0.1, 0.15) is 14.5 Å². The summed E-state index contributed by atoms with van der Waals surface area (Å²) in [5, 5.41) is 0. The molecule has 0 aliphatic rings. The molecule has 0 unspecified atom stereocenters. The number of thiophene rings is 1. The number of sulfonamides is 1. The van der Waals surface area contributed by atoms with Gasteiger partial charge in [0.1, 0.15) is 16.4 Å². The van der Waals surface area contributed by atoms with Gasteiger partial charge in [0.05, 0.1) is 24.8 Å². The van der Waals surface area contributed by atoms with Crippen LogP contribution < -0.4 is 19.9 Å². The third-order valence-electron chi connectivity index (χ3n) is 3.06. The summed E-state index contributed by atoms with van der Waals surface area (Å²) in [5.41, 5.74) is 5.46. The molecule has 0 saturated carbocycles. The van der Waals surface area contributed by atoms with Gasteiger partial charge in [-0.2, -0.15) is 0 Å². The molecule has 1 heterocycles. The van der Waals surface area contributed by atoms with Crippen molar-refractivity contribution in [2.45, 2.75) is 11.8 Å². The van der Waals surface area contributed by atoms with E-state index in [9.17, 15) is 13.2 Å². The molecular formula is C14H16N2O5S2. The fourth-order valence-corrected chi connectivity index (χ4v) is 4.45. The molecule has 0 spiro atoms. The first-order valence-electron chi connectivity index (χ1n) is 6.43. The van der Waals surface area contributed by atoms with Crippen LogP contribution in [0.2, 0.25) is 0 Å². The van der Waals surface area contributed by atoms with E-state index < -0.39 is 15.9 Å². The fourth-order valence-electron chi connectivity index (χ4n) is 1.94. The molecule has 3 N–H and O–H groups in total. The molecule has 7 nitrogen and oxygen atoms in total. The van der Waals surface area contributed by atoms with Crippen molar-refractivity contribution in [3.8, 4) is 11.5 Å². The first kappa shape index (κ1) is 17.1. The number of ether oxygens (including phenoxy) is 2. The average Bonchev–Trinajstić information content (AvgIpc) is 2.90. The van der Waals surface area contributed by atoms with Crippen LogP contribution in [0.25, 0.3) is 0 Å². The van der Waals surface area contributed by atoms with Gasteiger partial charge in [0, 0.05) is 10.9 Å². The molecule has 1 aromatic carbocycles. The standard InChI is InChI=1S/C14H16N2O5S2/c1-8-13(7-12(22-8)14(15)17)23(18,19)16-10-5-4-9(20-2)6-11(10)21-3/h4-7,16H,1-3H3,(H2,15,17). The molecule has 0 atom stereocenters. The van der Waals surface area contributed by atoms with Crippen LogP contribution in [0.15, 0.2) is 29.2 Å². The molecule has 0 aliphatic heterocycles. The van der Waals surface area contributed by atoms with Gasteiger partial charge in [0.15, 0.2) is 0 Å². The summed E-state index contributed by atoms with van der Waals surface area (Å²) in [4.78, 5) is 11.9. The van der Waals surface area contributed by atoms with Crippen LogP contribution in [-0.2, 0) is 10.0 Å². The van der Waals surface area contributed by atoms with Crippen LogP contribution >= 0.6 is 11.3 Å². The van der Waals surface area contributed by atoms with Crippen molar-refractivity contribution < 1.29 is 22.7 Å². The van der Waals surface area contributed by atoms with Crippen LogP contribution in [0.5, 0.6) is 11.5 Å². The Kier molecular flexibility index (Phi) is 4.81. The number of methoxy groups -OCH3 is 2. The summed E-state index contributed by atoms with van der Waals surface area (Å²) in [6.07, 6.45) is 0. The quantitative estimate of drug-likeness (QED) is 0.823. The zero-order valence-electron chi connectivity index (χ0n) is 12.7. The van der Waals surface area contributed by atoms with E-state index in [-0.39, 0.29) is 15.5 Å². The van der Waals surface area contributed by atoms with Crippen LogP contribution in [-0.4, -0.2) is 28.5 Å². The van der Waals surface area contributed by atoms with Gasteiger partial charge in [-0.1, -0.05) is 0 Å². The minimum absolute atomic E-state index is 0.00849. The van der Waals surface area contributed by atoms with Gasteiger partial charge in [0.2, 0.25) is 0 Å². The number of aryl methyl sites for hydroxylation is 1. The Hall–Kier alpha value is -2.26. The van der Waals surface area contributed by atoms with E-state index in [2.05, 4.69) is 4.72 Å². The lowest BCUT2D eigenvalue weighted by molar-refractivity contribution is 0.100. The second kappa shape index (κ2) is 6.47. The highest BCUT2D eigenvalue weighted by atomic mass is 32.2. The highest BCUT2D eigenvalue weighted by molar-refractivity contribution is 7.93. The van der Waals surface area contributed by atoms with Gasteiger partial charge >= 0.3 is 0 Å². The Morgan fingerprint density at radius 1 is 1.22 bits per heavy atom. The SMILES string of the molecule is COc1ccc(NS(=O)(=O)c2cc(C(N)=O)sc2C)c(OC)c1. The third-order valence-corrected chi connectivity index (χ3v) is 5.74. The summed E-state index contributed by atoms with van der Waals surface area (Å²) >= 11 is 1.03. The van der Waals surface area contributed by atoms with E-state index >= 15 is 0 Å². The van der Waals surface area contributed by atoms with E-state index in [1.807, 2.05) is 0 Å². The van der Waals surface area contributed by atoms with E-state index in [0.717, 1.165) is 11.3 Å². The first-order valence-corrected chi connectivity index (χ1v) is 8.73. The van der Waals surface area contributed by atoms with Gasteiger partial charge in [0.25, 0.3) is 15.9 Å². The molecule has 9 heteroatoms. The summed E-state index contributed by atoms with van der Waals surface area (Å²) < 4.78 is 37.8. The number of primary amides is 1. The maximum absolute atomic E-state index is 12.5. The topological polar surface area (TPSA) is 108 Å². The van der Waals surface area contributed by atoms with Crippen molar-refractivity contribution in [2.24, 2.45) is 5.73 Å². The Bertz CT molecular complexity index is 843. The molecule has 2 rings (SSSR count). The van der Waals surface area contributed by atoms with Crippen molar-refractivity contribution in [3.63, 3.8) is 0 Å². The van der Waals surface area contributed by atoms with Gasteiger partial charge in [-0.15, -0.1) is 11.3 Å². The number of nitrogens with two attached hydrogens (primary N) is 1. The number of carbonyl (C=O) groups is 1. The monoisotopic (exact) mass is 356 g/mol. The van der Waals surface area contributed by atoms with Gasteiger partial charge in [-0.3, -0.25) is 9.52 Å². The largest absolute Gasteiger partial charge is 0.497 e. The van der Waals surface area contributed by atoms with Crippen molar-refractivity contribution in [1.29, 1.82) is 0 Å². The molecule has 1 amide bonds. The van der Waals surface area contributed by atoms with Gasteiger partial charge < -0.3 is 15.2 Å². The minimum Gasteiger partial charge on any atom is -0.497 e. The Labute approximate surface area is 138 Å². The normalized spacial score (nSPS) is 11.1. The van der Waals surface area contributed by atoms with Crippen molar-refractivity contribution in [3.05, 3.63) is 34.0 Å².